The van der Waals surface area contributed by atoms with Gasteiger partial charge in [0.2, 0.25) is 10.0 Å². The fourth-order valence-electron chi connectivity index (χ4n) is 2.36. The van der Waals surface area contributed by atoms with Crippen molar-refractivity contribution in [2.45, 2.75) is 24.4 Å². The highest BCUT2D eigenvalue weighted by Gasteiger charge is 2.29. The average molecular weight is 400 g/mol. The number of nitrogens with one attached hydrogen (secondary N) is 2. The lowest BCUT2D eigenvalue weighted by Gasteiger charge is -2.09. The third-order valence-electron chi connectivity index (χ3n) is 3.72. The summed E-state index contributed by atoms with van der Waals surface area (Å²) in [5, 5.41) is 2.63. The lowest BCUT2D eigenvalue weighted by atomic mass is 10.1. The van der Waals surface area contributed by atoms with Crippen LogP contribution >= 0.6 is 0 Å². The van der Waals surface area contributed by atoms with Crippen LogP contribution in [-0.4, -0.2) is 27.4 Å². The molecule has 2 N–H and O–H groups in total. The van der Waals surface area contributed by atoms with Crippen molar-refractivity contribution in [2.24, 2.45) is 0 Å². The molecule has 0 bridgehead atoms. The number of carbonyl (C=O) groups is 1. The highest BCUT2D eigenvalue weighted by Crippen LogP contribution is 2.29. The fraction of sp³-hybridized carbons (Fsp3) is 0.278. The molecule has 0 aliphatic rings. The van der Waals surface area contributed by atoms with Crippen molar-refractivity contribution in [3.05, 3.63) is 65.2 Å². The van der Waals surface area contributed by atoms with E-state index >= 15 is 0 Å². The molecule has 2 rings (SSSR count). The first-order valence-corrected chi connectivity index (χ1v) is 9.66. The Kier molecular flexibility index (Phi) is 6.61. The van der Waals surface area contributed by atoms with Gasteiger partial charge in [-0.3, -0.25) is 4.79 Å². The Morgan fingerprint density at radius 1 is 1.07 bits per heavy atom. The lowest BCUT2D eigenvalue weighted by molar-refractivity contribution is -0.137. The number of benzene rings is 2. The van der Waals surface area contributed by atoms with Crippen LogP contribution in [0.1, 0.15) is 28.4 Å². The minimum atomic E-state index is -4.38. The van der Waals surface area contributed by atoms with E-state index in [9.17, 15) is 26.4 Å². The number of hydrogen-bond donors (Lipinski definition) is 2. The molecule has 1 amide bonds. The van der Waals surface area contributed by atoms with Crippen LogP contribution in [0.3, 0.4) is 0 Å². The minimum Gasteiger partial charge on any atom is -0.352 e. The largest absolute Gasteiger partial charge is 0.416 e. The molecule has 146 valence electrons. The van der Waals surface area contributed by atoms with Crippen LogP contribution in [0.4, 0.5) is 13.2 Å². The molecule has 27 heavy (non-hydrogen) atoms. The highest BCUT2D eigenvalue weighted by atomic mass is 32.2. The second-order valence-electron chi connectivity index (χ2n) is 5.73. The molecule has 0 aliphatic carbocycles. The van der Waals surface area contributed by atoms with E-state index in [0.29, 0.717) is 12.0 Å². The Morgan fingerprint density at radius 3 is 2.33 bits per heavy atom. The SMILES string of the molecule is CCNS(=O)(=O)c1cccc(C(=O)NCCc2ccc(C(F)(F)F)cc2)c1. The molecule has 2 aromatic rings. The van der Waals surface area contributed by atoms with Crippen LogP contribution in [0.2, 0.25) is 0 Å². The van der Waals surface area contributed by atoms with Crippen molar-refractivity contribution >= 4 is 15.9 Å². The van der Waals surface area contributed by atoms with Gasteiger partial charge in [-0.1, -0.05) is 25.1 Å². The quantitative estimate of drug-likeness (QED) is 0.750. The van der Waals surface area contributed by atoms with E-state index in [4.69, 9.17) is 0 Å². The Hall–Kier alpha value is -2.39. The summed E-state index contributed by atoms with van der Waals surface area (Å²) in [6, 6.07) is 10.3. The van der Waals surface area contributed by atoms with E-state index in [0.717, 1.165) is 12.1 Å². The zero-order valence-electron chi connectivity index (χ0n) is 14.5. The minimum absolute atomic E-state index is 0.0141. The van der Waals surface area contributed by atoms with Gasteiger partial charge in [0.05, 0.1) is 10.5 Å². The second-order valence-corrected chi connectivity index (χ2v) is 7.50. The highest BCUT2D eigenvalue weighted by molar-refractivity contribution is 7.89. The normalized spacial score (nSPS) is 12.0. The summed E-state index contributed by atoms with van der Waals surface area (Å²) in [5.41, 5.74) is 0.0992. The zero-order chi connectivity index (χ0) is 20.1. The van der Waals surface area contributed by atoms with Crippen LogP contribution in [0.15, 0.2) is 53.4 Å². The first-order chi connectivity index (χ1) is 12.6. The summed E-state index contributed by atoms with van der Waals surface area (Å²) in [4.78, 5) is 12.2. The number of hydrogen-bond acceptors (Lipinski definition) is 3. The van der Waals surface area contributed by atoms with E-state index < -0.39 is 27.7 Å². The van der Waals surface area contributed by atoms with Gasteiger partial charge in [-0.15, -0.1) is 0 Å². The van der Waals surface area contributed by atoms with Crippen molar-refractivity contribution < 1.29 is 26.4 Å². The Balaban J connectivity index is 1.96. The first-order valence-electron chi connectivity index (χ1n) is 8.17. The maximum Gasteiger partial charge on any atom is 0.416 e. The summed E-state index contributed by atoms with van der Waals surface area (Å²) in [7, 11) is -3.67. The third kappa shape index (κ3) is 5.80. The molecular weight excluding hydrogens is 381 g/mol. The molecule has 0 unspecified atom stereocenters. The monoisotopic (exact) mass is 400 g/mol. The first kappa shape index (κ1) is 20.9. The number of alkyl halides is 3. The number of rotatable bonds is 7. The molecule has 0 fully saturated rings. The van der Waals surface area contributed by atoms with E-state index in [1.54, 1.807) is 6.92 Å². The summed E-state index contributed by atoms with van der Waals surface area (Å²) >= 11 is 0. The van der Waals surface area contributed by atoms with Crippen LogP contribution in [0.25, 0.3) is 0 Å². The summed E-state index contributed by atoms with van der Waals surface area (Å²) in [6.07, 6.45) is -4.04. The number of carbonyl (C=O) groups excluding carboxylic acids is 1. The molecule has 9 heteroatoms. The molecular formula is C18H19F3N2O3S. The van der Waals surface area contributed by atoms with Gasteiger partial charge in [-0.25, -0.2) is 13.1 Å². The molecule has 5 nitrogen and oxygen atoms in total. The molecule has 0 saturated heterocycles. The molecule has 0 radical (unpaired) electrons. The predicted molar refractivity (Wildman–Crippen MR) is 94.8 cm³/mol. The van der Waals surface area contributed by atoms with E-state index in [-0.39, 0.29) is 23.5 Å². The van der Waals surface area contributed by atoms with Gasteiger partial charge in [0.25, 0.3) is 5.91 Å². The topological polar surface area (TPSA) is 75.3 Å². The standard InChI is InChI=1S/C18H19F3N2O3S/c1-2-23-27(25,26)16-5-3-4-14(12-16)17(24)22-11-10-13-6-8-15(9-7-13)18(19,20)21/h3-9,12,23H,2,10-11H2,1H3,(H,22,24). The van der Waals surface area contributed by atoms with Gasteiger partial charge >= 0.3 is 6.18 Å². The predicted octanol–water partition coefficient (Wildman–Crippen LogP) is 2.98. The Morgan fingerprint density at radius 2 is 1.74 bits per heavy atom. The lowest BCUT2D eigenvalue weighted by Crippen LogP contribution is -2.27. The number of sulfonamides is 1. The van der Waals surface area contributed by atoms with E-state index in [1.165, 1.54) is 36.4 Å². The molecule has 0 atom stereocenters. The molecule has 0 aliphatic heterocycles. The number of amides is 1. The van der Waals surface area contributed by atoms with Crippen LogP contribution < -0.4 is 10.0 Å². The maximum absolute atomic E-state index is 12.5. The fourth-order valence-corrected chi connectivity index (χ4v) is 3.45. The molecule has 2 aromatic carbocycles. The zero-order valence-corrected chi connectivity index (χ0v) is 15.3. The van der Waals surface area contributed by atoms with Gasteiger partial charge in [-0.2, -0.15) is 13.2 Å². The maximum atomic E-state index is 12.5. The van der Waals surface area contributed by atoms with E-state index in [1.807, 2.05) is 0 Å². The average Bonchev–Trinajstić information content (AvgIpc) is 2.61. The van der Waals surface area contributed by atoms with Crippen LogP contribution in [0, 0.1) is 0 Å². The molecule has 0 saturated carbocycles. The van der Waals surface area contributed by atoms with Crippen molar-refractivity contribution in [3.8, 4) is 0 Å². The summed E-state index contributed by atoms with van der Waals surface area (Å²) in [6.45, 7) is 2.08. The van der Waals surface area contributed by atoms with Crippen molar-refractivity contribution in [1.29, 1.82) is 0 Å². The Bertz CT molecular complexity index is 895. The summed E-state index contributed by atoms with van der Waals surface area (Å²) < 4.78 is 63.9. The van der Waals surface area contributed by atoms with Gasteiger partial charge in [-0.05, 0) is 42.3 Å². The van der Waals surface area contributed by atoms with Gasteiger partial charge in [0.1, 0.15) is 0 Å². The van der Waals surface area contributed by atoms with Gasteiger partial charge in [0.15, 0.2) is 0 Å². The second kappa shape index (κ2) is 8.53. The van der Waals surface area contributed by atoms with Crippen molar-refractivity contribution in [1.82, 2.24) is 10.0 Å². The van der Waals surface area contributed by atoms with Crippen LogP contribution in [0.5, 0.6) is 0 Å². The van der Waals surface area contributed by atoms with Gasteiger partial charge < -0.3 is 5.32 Å². The summed E-state index contributed by atoms with van der Waals surface area (Å²) in [5.74, 6) is -0.463. The molecule has 0 heterocycles. The molecule has 0 spiro atoms. The van der Waals surface area contributed by atoms with Crippen molar-refractivity contribution in [3.63, 3.8) is 0 Å². The van der Waals surface area contributed by atoms with E-state index in [2.05, 4.69) is 10.0 Å². The smallest absolute Gasteiger partial charge is 0.352 e. The Labute approximate surface area is 155 Å². The van der Waals surface area contributed by atoms with Gasteiger partial charge in [0, 0.05) is 18.7 Å². The number of halogens is 3. The van der Waals surface area contributed by atoms with Crippen LogP contribution in [-0.2, 0) is 22.6 Å². The molecule has 0 aromatic heterocycles. The van der Waals surface area contributed by atoms with Crippen molar-refractivity contribution in [2.75, 3.05) is 13.1 Å². The third-order valence-corrected chi connectivity index (χ3v) is 5.26.